The second-order valence-electron chi connectivity index (χ2n) is 9.19. The smallest absolute Gasteiger partial charge is 0.337 e. The third-order valence-corrected chi connectivity index (χ3v) is 6.56. The number of ether oxygens (including phenoxy) is 1. The number of anilines is 2. The number of hydrogen-bond donors (Lipinski definition) is 2. The zero-order valence-electron chi connectivity index (χ0n) is 20.7. The van der Waals surface area contributed by atoms with Crippen LogP contribution < -0.4 is 10.6 Å². The lowest BCUT2D eigenvalue weighted by Crippen LogP contribution is -2.34. The predicted octanol–water partition coefficient (Wildman–Crippen LogP) is 5.58. The molecule has 0 spiro atoms. The van der Waals surface area contributed by atoms with E-state index < -0.39 is 12.0 Å². The Morgan fingerprint density at radius 3 is 2.51 bits per heavy atom. The predicted molar refractivity (Wildman–Crippen MR) is 140 cm³/mol. The number of carbonyl (C=O) groups is 2. The zero-order chi connectivity index (χ0) is 26.2. The van der Waals surface area contributed by atoms with Gasteiger partial charge >= 0.3 is 12.0 Å². The number of hydrogen-bond acceptors (Lipinski definition) is 5. The van der Waals surface area contributed by atoms with E-state index in [-0.39, 0.29) is 5.82 Å². The van der Waals surface area contributed by atoms with E-state index in [9.17, 15) is 14.0 Å². The Kier molecular flexibility index (Phi) is 8.49. The van der Waals surface area contributed by atoms with Gasteiger partial charge in [-0.25, -0.2) is 14.0 Å². The second-order valence-corrected chi connectivity index (χ2v) is 9.19. The first-order chi connectivity index (χ1) is 17.9. The van der Waals surface area contributed by atoms with Gasteiger partial charge in [0.1, 0.15) is 5.82 Å². The van der Waals surface area contributed by atoms with Crippen LogP contribution in [-0.4, -0.2) is 37.1 Å². The van der Waals surface area contributed by atoms with E-state index in [1.54, 1.807) is 42.5 Å². The van der Waals surface area contributed by atoms with Gasteiger partial charge in [-0.2, -0.15) is 5.26 Å². The Bertz CT molecular complexity index is 1300. The van der Waals surface area contributed by atoms with Gasteiger partial charge in [-0.3, -0.25) is 4.90 Å². The highest BCUT2D eigenvalue weighted by Crippen LogP contribution is 2.26. The maximum absolute atomic E-state index is 13.2. The van der Waals surface area contributed by atoms with Crippen LogP contribution in [0.2, 0.25) is 0 Å². The van der Waals surface area contributed by atoms with Gasteiger partial charge in [0.15, 0.2) is 0 Å². The summed E-state index contributed by atoms with van der Waals surface area (Å²) in [5, 5.41) is 14.7. The molecule has 4 rings (SSSR count). The summed E-state index contributed by atoms with van der Waals surface area (Å²) >= 11 is 0. The number of nitrogens with one attached hydrogen (secondary N) is 2. The van der Waals surface area contributed by atoms with Crippen molar-refractivity contribution in [2.24, 2.45) is 5.92 Å². The lowest BCUT2D eigenvalue weighted by molar-refractivity contribution is 0.0600. The molecule has 0 unspecified atom stereocenters. The second kappa shape index (κ2) is 12.2. The SMILES string of the molecule is COC(=O)c1ccc(NC(=O)Nc2cccc(C#N)c2)c(CN2CCC(Cc3ccc(F)cc3)CC2)c1. The number of benzene rings is 3. The van der Waals surface area contributed by atoms with Gasteiger partial charge in [-0.05, 0) is 97.9 Å². The molecule has 7 nitrogen and oxygen atoms in total. The van der Waals surface area contributed by atoms with E-state index in [0.717, 1.165) is 43.5 Å². The minimum Gasteiger partial charge on any atom is -0.465 e. The van der Waals surface area contributed by atoms with Crippen LogP contribution in [0.15, 0.2) is 66.7 Å². The van der Waals surface area contributed by atoms with E-state index in [2.05, 4.69) is 15.5 Å². The summed E-state index contributed by atoms with van der Waals surface area (Å²) in [5.74, 6) is -0.138. The highest BCUT2D eigenvalue weighted by Gasteiger charge is 2.21. The quantitative estimate of drug-likeness (QED) is 0.413. The Morgan fingerprint density at radius 2 is 1.81 bits per heavy atom. The van der Waals surface area contributed by atoms with Crippen molar-refractivity contribution in [1.82, 2.24) is 4.90 Å². The average Bonchev–Trinajstić information content (AvgIpc) is 2.91. The topological polar surface area (TPSA) is 94.5 Å². The molecule has 1 heterocycles. The summed E-state index contributed by atoms with van der Waals surface area (Å²) < 4.78 is 18.1. The third-order valence-electron chi connectivity index (χ3n) is 6.56. The molecule has 37 heavy (non-hydrogen) atoms. The van der Waals surface area contributed by atoms with Crippen LogP contribution >= 0.6 is 0 Å². The molecule has 0 aliphatic carbocycles. The number of nitrogens with zero attached hydrogens (tertiary/aromatic N) is 2. The maximum Gasteiger partial charge on any atom is 0.337 e. The summed E-state index contributed by atoms with van der Waals surface area (Å²) in [4.78, 5) is 27.2. The Morgan fingerprint density at radius 1 is 1.05 bits per heavy atom. The summed E-state index contributed by atoms with van der Waals surface area (Å²) in [7, 11) is 1.34. The van der Waals surface area contributed by atoms with Crippen LogP contribution in [0, 0.1) is 23.1 Å². The van der Waals surface area contributed by atoms with E-state index in [1.165, 1.54) is 19.2 Å². The van der Waals surface area contributed by atoms with Gasteiger partial charge in [0.25, 0.3) is 0 Å². The molecule has 0 atom stereocenters. The molecule has 1 aliphatic rings. The van der Waals surface area contributed by atoms with Gasteiger partial charge in [-0.15, -0.1) is 0 Å². The molecule has 0 aromatic heterocycles. The molecule has 3 aromatic rings. The van der Waals surface area contributed by atoms with Crippen molar-refractivity contribution in [2.45, 2.75) is 25.8 Å². The van der Waals surface area contributed by atoms with Crippen molar-refractivity contribution in [2.75, 3.05) is 30.8 Å². The molecule has 8 heteroatoms. The van der Waals surface area contributed by atoms with Crippen molar-refractivity contribution in [1.29, 1.82) is 5.26 Å². The van der Waals surface area contributed by atoms with Crippen molar-refractivity contribution < 1.29 is 18.7 Å². The Hall–Kier alpha value is -4.22. The lowest BCUT2D eigenvalue weighted by atomic mass is 9.90. The molecule has 190 valence electrons. The fourth-order valence-corrected chi connectivity index (χ4v) is 4.59. The fraction of sp³-hybridized carbons (Fsp3) is 0.276. The molecular formula is C29H29FN4O3. The fourth-order valence-electron chi connectivity index (χ4n) is 4.59. The van der Waals surface area contributed by atoms with Crippen LogP contribution in [-0.2, 0) is 17.7 Å². The normalized spacial score (nSPS) is 14.0. The summed E-state index contributed by atoms with van der Waals surface area (Å²) in [6, 6.07) is 20.0. The van der Waals surface area contributed by atoms with Crippen LogP contribution in [0.1, 0.15) is 39.9 Å². The molecule has 0 bridgehead atoms. The number of nitriles is 1. The minimum absolute atomic E-state index is 0.221. The standard InChI is InChI=1S/C29H29FN4O3/c1-37-28(35)23-7-10-27(33-29(36)32-26-4-2-3-22(16-26)18-31)24(17-23)19-34-13-11-21(12-14-34)15-20-5-8-25(30)9-6-20/h2-10,16-17,21H,11-15,19H2,1H3,(H2,32,33,36). The van der Waals surface area contributed by atoms with Gasteiger partial charge in [0.2, 0.25) is 0 Å². The van der Waals surface area contributed by atoms with Crippen LogP contribution in [0.5, 0.6) is 0 Å². The van der Waals surface area contributed by atoms with Crippen molar-refractivity contribution in [3.05, 3.63) is 94.8 Å². The van der Waals surface area contributed by atoms with Gasteiger partial charge < -0.3 is 15.4 Å². The first kappa shape index (κ1) is 25.9. The van der Waals surface area contributed by atoms with Gasteiger partial charge in [-0.1, -0.05) is 18.2 Å². The molecule has 0 saturated carbocycles. The van der Waals surface area contributed by atoms with E-state index in [1.807, 2.05) is 18.2 Å². The first-order valence-electron chi connectivity index (χ1n) is 12.2. The monoisotopic (exact) mass is 500 g/mol. The first-order valence-corrected chi connectivity index (χ1v) is 12.2. The number of methoxy groups -OCH3 is 1. The molecule has 1 fully saturated rings. The molecule has 2 amide bonds. The molecule has 1 saturated heterocycles. The van der Waals surface area contributed by atoms with Crippen LogP contribution in [0.4, 0.5) is 20.6 Å². The van der Waals surface area contributed by atoms with Crippen molar-refractivity contribution in [3.63, 3.8) is 0 Å². The number of esters is 1. The number of amides is 2. The number of likely N-dealkylation sites (tertiary alicyclic amines) is 1. The Balaban J connectivity index is 1.42. The molecule has 3 aromatic carbocycles. The van der Waals surface area contributed by atoms with Crippen LogP contribution in [0.25, 0.3) is 0 Å². The highest BCUT2D eigenvalue weighted by atomic mass is 19.1. The molecular weight excluding hydrogens is 471 g/mol. The van der Waals surface area contributed by atoms with Crippen molar-refractivity contribution in [3.8, 4) is 6.07 Å². The molecule has 1 aliphatic heterocycles. The molecule has 0 radical (unpaired) electrons. The highest BCUT2D eigenvalue weighted by molar-refractivity contribution is 6.01. The van der Waals surface area contributed by atoms with Crippen LogP contribution in [0.3, 0.4) is 0 Å². The van der Waals surface area contributed by atoms with E-state index in [0.29, 0.717) is 35.0 Å². The third kappa shape index (κ3) is 7.15. The number of halogens is 1. The zero-order valence-corrected chi connectivity index (χ0v) is 20.7. The summed E-state index contributed by atoms with van der Waals surface area (Å²) in [5.41, 5.74) is 3.91. The largest absolute Gasteiger partial charge is 0.465 e. The number of rotatable bonds is 7. The van der Waals surface area contributed by atoms with Crippen molar-refractivity contribution >= 4 is 23.4 Å². The van der Waals surface area contributed by atoms with Gasteiger partial charge in [0, 0.05) is 17.9 Å². The Labute approximate surface area is 215 Å². The van der Waals surface area contributed by atoms with E-state index in [4.69, 9.17) is 10.00 Å². The average molecular weight is 501 g/mol. The number of piperidine rings is 1. The van der Waals surface area contributed by atoms with E-state index >= 15 is 0 Å². The number of carbonyl (C=O) groups excluding carboxylic acids is 2. The maximum atomic E-state index is 13.2. The number of urea groups is 1. The molecule has 2 N–H and O–H groups in total. The summed E-state index contributed by atoms with van der Waals surface area (Å²) in [6.45, 7) is 2.31. The lowest BCUT2D eigenvalue weighted by Gasteiger charge is -2.32. The summed E-state index contributed by atoms with van der Waals surface area (Å²) in [6.07, 6.45) is 2.94. The minimum atomic E-state index is -0.444. The van der Waals surface area contributed by atoms with Gasteiger partial charge in [0.05, 0.1) is 24.3 Å².